The van der Waals surface area contributed by atoms with Gasteiger partial charge in [0.25, 0.3) is 0 Å². The molecule has 0 radical (unpaired) electrons. The van der Waals surface area contributed by atoms with Gasteiger partial charge in [0.1, 0.15) is 11.6 Å². The van der Waals surface area contributed by atoms with Crippen LogP contribution in [-0.4, -0.2) is 7.11 Å². The van der Waals surface area contributed by atoms with Crippen molar-refractivity contribution in [2.24, 2.45) is 0 Å². The molecule has 2 aromatic rings. The molecule has 2 aromatic carbocycles. The molecule has 0 atom stereocenters. The number of nitrogens with two attached hydrogens (primary N) is 1. The molecule has 0 aliphatic carbocycles. The third-order valence-corrected chi connectivity index (χ3v) is 3.93. The minimum atomic E-state index is -0.252. The van der Waals surface area contributed by atoms with Gasteiger partial charge in [0.05, 0.1) is 7.11 Å². The molecule has 0 bridgehead atoms. The lowest BCUT2D eigenvalue weighted by molar-refractivity contribution is 0.411. The van der Waals surface area contributed by atoms with Gasteiger partial charge >= 0.3 is 0 Å². The van der Waals surface area contributed by atoms with Gasteiger partial charge in [0.2, 0.25) is 0 Å². The van der Waals surface area contributed by atoms with E-state index in [4.69, 9.17) is 10.5 Å². The first-order valence-corrected chi connectivity index (χ1v) is 6.90. The number of benzene rings is 2. The maximum absolute atomic E-state index is 13.8. The minimum Gasteiger partial charge on any atom is -0.497 e. The Kier molecular flexibility index (Phi) is 4.32. The third-order valence-electron chi connectivity index (χ3n) is 2.81. The van der Waals surface area contributed by atoms with Gasteiger partial charge in [0.15, 0.2) is 0 Å². The van der Waals surface area contributed by atoms with E-state index in [2.05, 4.69) is 0 Å². The Labute approximate surface area is 116 Å². The molecule has 4 heteroatoms. The van der Waals surface area contributed by atoms with Crippen LogP contribution < -0.4 is 10.5 Å². The van der Waals surface area contributed by atoms with Gasteiger partial charge in [-0.25, -0.2) is 4.39 Å². The van der Waals surface area contributed by atoms with E-state index in [9.17, 15) is 4.39 Å². The van der Waals surface area contributed by atoms with Crippen LogP contribution in [0.25, 0.3) is 0 Å². The lowest BCUT2D eigenvalue weighted by Crippen LogP contribution is -1.92. The maximum atomic E-state index is 13.8. The van der Waals surface area contributed by atoms with Gasteiger partial charge in [0, 0.05) is 22.4 Å². The van der Waals surface area contributed by atoms with Crippen molar-refractivity contribution in [1.82, 2.24) is 0 Å². The fraction of sp³-hybridized carbons (Fsp3) is 0.200. The van der Waals surface area contributed by atoms with Crippen molar-refractivity contribution >= 4 is 17.4 Å². The first-order valence-electron chi connectivity index (χ1n) is 5.91. The van der Waals surface area contributed by atoms with Gasteiger partial charge in [-0.05, 0) is 36.2 Å². The predicted octanol–water partition coefficient (Wildman–Crippen LogP) is 4.02. The standard InChI is InChI=1S/C15H16FNOS/c1-10-3-6-14(17)15(7-10)19-9-11-4-5-12(18-2)8-13(11)16/h3-8H,9,17H2,1-2H3. The average Bonchev–Trinajstić information content (AvgIpc) is 2.40. The molecular weight excluding hydrogens is 261 g/mol. The van der Waals surface area contributed by atoms with Crippen molar-refractivity contribution in [2.75, 3.05) is 12.8 Å². The fourth-order valence-electron chi connectivity index (χ4n) is 1.69. The van der Waals surface area contributed by atoms with Crippen LogP contribution in [0.2, 0.25) is 0 Å². The van der Waals surface area contributed by atoms with Crippen LogP contribution in [0.5, 0.6) is 5.75 Å². The molecule has 2 N–H and O–H groups in total. The van der Waals surface area contributed by atoms with Crippen LogP contribution >= 0.6 is 11.8 Å². The molecule has 0 saturated carbocycles. The van der Waals surface area contributed by atoms with E-state index in [0.29, 0.717) is 17.1 Å². The molecule has 2 nitrogen and oxygen atoms in total. The Morgan fingerprint density at radius 3 is 2.68 bits per heavy atom. The molecule has 0 aromatic heterocycles. The number of aryl methyl sites for hydroxylation is 1. The molecule has 0 fully saturated rings. The summed E-state index contributed by atoms with van der Waals surface area (Å²) in [7, 11) is 1.52. The number of rotatable bonds is 4. The Hall–Kier alpha value is -1.68. The summed E-state index contributed by atoms with van der Waals surface area (Å²) in [5.41, 5.74) is 8.42. The molecule has 0 saturated heterocycles. The lowest BCUT2D eigenvalue weighted by atomic mass is 10.2. The topological polar surface area (TPSA) is 35.2 Å². The van der Waals surface area contributed by atoms with Crippen molar-refractivity contribution in [3.05, 3.63) is 53.3 Å². The van der Waals surface area contributed by atoms with Crippen LogP contribution in [-0.2, 0) is 5.75 Å². The highest BCUT2D eigenvalue weighted by Crippen LogP contribution is 2.30. The van der Waals surface area contributed by atoms with Crippen LogP contribution in [0, 0.1) is 12.7 Å². The number of nitrogen functional groups attached to an aromatic ring is 1. The summed E-state index contributed by atoms with van der Waals surface area (Å²) in [4.78, 5) is 0.982. The molecule has 0 heterocycles. The first-order chi connectivity index (χ1) is 9.10. The number of halogens is 1. The summed E-state index contributed by atoms with van der Waals surface area (Å²) in [6, 6.07) is 10.8. The lowest BCUT2D eigenvalue weighted by Gasteiger charge is -2.08. The summed E-state index contributed by atoms with van der Waals surface area (Å²) in [6.07, 6.45) is 0. The second-order valence-electron chi connectivity index (χ2n) is 4.29. The number of anilines is 1. The zero-order valence-corrected chi connectivity index (χ0v) is 11.8. The molecule has 0 aliphatic heterocycles. The van der Waals surface area contributed by atoms with E-state index < -0.39 is 0 Å². The summed E-state index contributed by atoms with van der Waals surface area (Å²) >= 11 is 1.54. The van der Waals surface area contributed by atoms with Crippen molar-refractivity contribution in [3.63, 3.8) is 0 Å². The second kappa shape index (κ2) is 5.97. The predicted molar refractivity (Wildman–Crippen MR) is 78.1 cm³/mol. The second-order valence-corrected chi connectivity index (χ2v) is 5.30. The minimum absolute atomic E-state index is 0.252. The van der Waals surface area contributed by atoms with Crippen LogP contribution in [0.15, 0.2) is 41.3 Å². The SMILES string of the molecule is COc1ccc(CSc2cc(C)ccc2N)c(F)c1. The fourth-order valence-corrected chi connectivity index (χ4v) is 2.74. The summed E-state index contributed by atoms with van der Waals surface area (Å²) < 4.78 is 18.8. The van der Waals surface area contributed by atoms with E-state index in [1.807, 2.05) is 25.1 Å². The van der Waals surface area contributed by atoms with Gasteiger partial charge in [-0.1, -0.05) is 12.1 Å². The largest absolute Gasteiger partial charge is 0.497 e. The third kappa shape index (κ3) is 3.41. The zero-order valence-electron chi connectivity index (χ0n) is 10.9. The quantitative estimate of drug-likeness (QED) is 0.677. The van der Waals surface area contributed by atoms with E-state index in [-0.39, 0.29) is 5.82 Å². The Balaban J connectivity index is 2.12. The number of methoxy groups -OCH3 is 1. The molecule has 0 amide bonds. The van der Waals surface area contributed by atoms with Crippen molar-refractivity contribution < 1.29 is 9.13 Å². The highest BCUT2D eigenvalue weighted by atomic mass is 32.2. The van der Waals surface area contributed by atoms with Gasteiger partial charge in [-0.15, -0.1) is 11.8 Å². The highest BCUT2D eigenvalue weighted by Gasteiger charge is 2.06. The van der Waals surface area contributed by atoms with Gasteiger partial charge < -0.3 is 10.5 Å². The molecule has 19 heavy (non-hydrogen) atoms. The Morgan fingerprint density at radius 1 is 1.21 bits per heavy atom. The normalized spacial score (nSPS) is 10.5. The first kappa shape index (κ1) is 13.7. The number of hydrogen-bond acceptors (Lipinski definition) is 3. The molecule has 0 aliphatic rings. The van der Waals surface area contributed by atoms with Gasteiger partial charge in [-0.2, -0.15) is 0 Å². The van der Waals surface area contributed by atoms with E-state index in [1.165, 1.54) is 24.9 Å². The van der Waals surface area contributed by atoms with Crippen molar-refractivity contribution in [1.29, 1.82) is 0 Å². The van der Waals surface area contributed by atoms with Crippen molar-refractivity contribution in [3.8, 4) is 5.75 Å². The molecule has 0 spiro atoms. The van der Waals surface area contributed by atoms with E-state index in [0.717, 1.165) is 16.1 Å². The molecule has 2 rings (SSSR count). The van der Waals surface area contributed by atoms with Gasteiger partial charge in [-0.3, -0.25) is 0 Å². The number of ether oxygens (including phenoxy) is 1. The summed E-state index contributed by atoms with van der Waals surface area (Å²) in [6.45, 7) is 2.01. The summed E-state index contributed by atoms with van der Waals surface area (Å²) in [5.74, 6) is 0.822. The average molecular weight is 277 g/mol. The molecular formula is C15H16FNOS. The highest BCUT2D eigenvalue weighted by molar-refractivity contribution is 7.98. The zero-order chi connectivity index (χ0) is 13.8. The van der Waals surface area contributed by atoms with E-state index in [1.54, 1.807) is 12.1 Å². The van der Waals surface area contributed by atoms with Crippen molar-refractivity contribution in [2.45, 2.75) is 17.6 Å². The monoisotopic (exact) mass is 277 g/mol. The van der Waals surface area contributed by atoms with Crippen LogP contribution in [0.1, 0.15) is 11.1 Å². The number of hydrogen-bond donors (Lipinski definition) is 1. The Morgan fingerprint density at radius 2 is 2.00 bits per heavy atom. The molecule has 100 valence electrons. The van der Waals surface area contributed by atoms with Crippen LogP contribution in [0.3, 0.4) is 0 Å². The maximum Gasteiger partial charge on any atom is 0.130 e. The van der Waals surface area contributed by atoms with Crippen LogP contribution in [0.4, 0.5) is 10.1 Å². The summed E-state index contributed by atoms with van der Waals surface area (Å²) in [5, 5.41) is 0. The Bertz CT molecular complexity index is 586. The van der Waals surface area contributed by atoms with E-state index >= 15 is 0 Å². The molecule has 0 unspecified atom stereocenters. The number of thioether (sulfide) groups is 1. The smallest absolute Gasteiger partial charge is 0.130 e.